The van der Waals surface area contributed by atoms with E-state index in [0.29, 0.717) is 0 Å². The van der Waals surface area contributed by atoms with Crippen molar-refractivity contribution in [3.8, 4) is 11.5 Å². The van der Waals surface area contributed by atoms with Crippen LogP contribution in [0.3, 0.4) is 0 Å². The molecule has 0 atom stereocenters. The first-order chi connectivity index (χ1) is 8.47. The molecule has 0 aromatic heterocycles. The van der Waals surface area contributed by atoms with E-state index >= 15 is 0 Å². The normalized spacial score (nSPS) is 16.3. The molecule has 6 heteroatoms. The molecule has 1 fully saturated rings. The molecule has 0 unspecified atom stereocenters. The van der Waals surface area contributed by atoms with Crippen molar-refractivity contribution in [2.45, 2.75) is 12.1 Å². The van der Waals surface area contributed by atoms with Crippen molar-refractivity contribution in [1.82, 2.24) is 5.32 Å². The van der Waals surface area contributed by atoms with Gasteiger partial charge in [-0.2, -0.15) is 13.2 Å². The van der Waals surface area contributed by atoms with E-state index in [2.05, 4.69) is 5.32 Å². The topological polar surface area (TPSA) is 30.5 Å². The first kappa shape index (κ1) is 13.0. The zero-order valence-corrected chi connectivity index (χ0v) is 10.1. The summed E-state index contributed by atoms with van der Waals surface area (Å²) in [7, 11) is 2.61. The highest BCUT2D eigenvalue weighted by Gasteiger charge is 2.36. The van der Waals surface area contributed by atoms with E-state index in [1.54, 1.807) is 0 Å². The maximum absolute atomic E-state index is 12.8. The Balaban J connectivity index is 2.50. The van der Waals surface area contributed by atoms with Crippen LogP contribution >= 0.6 is 0 Å². The highest BCUT2D eigenvalue weighted by molar-refractivity contribution is 5.50. The van der Waals surface area contributed by atoms with Crippen molar-refractivity contribution in [2.75, 3.05) is 27.3 Å². The van der Waals surface area contributed by atoms with Crippen LogP contribution in [-0.2, 0) is 6.18 Å². The van der Waals surface area contributed by atoms with Gasteiger partial charge in [-0.3, -0.25) is 0 Å². The quantitative estimate of drug-likeness (QED) is 0.906. The summed E-state index contributed by atoms with van der Waals surface area (Å²) in [6, 6.07) is 2.43. The van der Waals surface area contributed by atoms with Gasteiger partial charge < -0.3 is 14.8 Å². The number of ether oxygens (including phenoxy) is 2. The van der Waals surface area contributed by atoms with Gasteiger partial charge in [0.15, 0.2) is 0 Å². The Hall–Kier alpha value is -1.43. The number of nitrogens with one attached hydrogen (secondary N) is 1. The van der Waals surface area contributed by atoms with E-state index in [-0.39, 0.29) is 17.4 Å². The number of hydrogen-bond acceptors (Lipinski definition) is 3. The Morgan fingerprint density at radius 2 is 1.72 bits per heavy atom. The van der Waals surface area contributed by atoms with Gasteiger partial charge in [0.05, 0.1) is 14.2 Å². The van der Waals surface area contributed by atoms with Crippen molar-refractivity contribution in [2.24, 2.45) is 0 Å². The predicted molar refractivity (Wildman–Crippen MR) is 60.2 cm³/mol. The molecule has 1 heterocycles. The maximum Gasteiger partial charge on any atom is 0.420 e. The largest absolute Gasteiger partial charge is 0.496 e. The Bertz CT molecular complexity index is 442. The third kappa shape index (κ3) is 2.25. The van der Waals surface area contributed by atoms with Crippen molar-refractivity contribution in [1.29, 1.82) is 0 Å². The molecule has 0 radical (unpaired) electrons. The molecule has 0 aliphatic carbocycles. The Morgan fingerprint density at radius 3 is 2.11 bits per heavy atom. The van der Waals surface area contributed by atoms with Crippen LogP contribution in [0.25, 0.3) is 0 Å². The summed E-state index contributed by atoms with van der Waals surface area (Å²) in [5.41, 5.74) is -0.0565. The number of methoxy groups -OCH3 is 2. The Labute approximate surface area is 103 Å². The number of halogens is 3. The lowest BCUT2D eigenvalue weighted by Crippen LogP contribution is -2.40. The third-order valence-electron chi connectivity index (χ3n) is 3.08. The molecule has 1 aromatic carbocycles. The van der Waals surface area contributed by atoms with Crippen molar-refractivity contribution >= 4 is 0 Å². The van der Waals surface area contributed by atoms with Gasteiger partial charge in [0, 0.05) is 24.6 Å². The third-order valence-corrected chi connectivity index (χ3v) is 3.08. The van der Waals surface area contributed by atoms with Crippen molar-refractivity contribution < 1.29 is 22.6 Å². The van der Waals surface area contributed by atoms with Gasteiger partial charge in [-0.15, -0.1) is 0 Å². The fourth-order valence-corrected chi connectivity index (χ4v) is 1.97. The van der Waals surface area contributed by atoms with Crippen LogP contribution in [0.1, 0.15) is 17.0 Å². The minimum atomic E-state index is -4.45. The van der Waals surface area contributed by atoms with Gasteiger partial charge >= 0.3 is 6.18 Å². The van der Waals surface area contributed by atoms with Crippen LogP contribution in [0.5, 0.6) is 11.5 Å². The smallest absolute Gasteiger partial charge is 0.420 e. The molecular weight excluding hydrogens is 247 g/mol. The first-order valence-electron chi connectivity index (χ1n) is 5.51. The fourth-order valence-electron chi connectivity index (χ4n) is 1.97. The lowest BCUT2D eigenvalue weighted by Gasteiger charge is -2.29. The first-order valence-corrected chi connectivity index (χ1v) is 5.51. The second-order valence-corrected chi connectivity index (χ2v) is 4.15. The molecule has 1 aliphatic heterocycles. The van der Waals surface area contributed by atoms with Crippen molar-refractivity contribution in [3.63, 3.8) is 0 Å². The average molecular weight is 261 g/mol. The molecule has 2 rings (SSSR count). The summed E-state index contributed by atoms with van der Waals surface area (Å²) in [4.78, 5) is 0. The van der Waals surface area contributed by atoms with Gasteiger partial charge in [0.1, 0.15) is 17.1 Å². The SMILES string of the molecule is COc1cc(C(F)(F)F)c(OC)cc1C1CNC1. The van der Waals surface area contributed by atoms with Gasteiger partial charge in [0.2, 0.25) is 0 Å². The van der Waals surface area contributed by atoms with Crippen molar-refractivity contribution in [3.05, 3.63) is 23.3 Å². The molecule has 0 bridgehead atoms. The number of hydrogen-bond donors (Lipinski definition) is 1. The van der Waals surface area contributed by atoms with Gasteiger partial charge in [-0.05, 0) is 12.1 Å². The second kappa shape index (κ2) is 4.68. The molecule has 1 aromatic rings. The van der Waals surface area contributed by atoms with E-state index in [9.17, 15) is 13.2 Å². The maximum atomic E-state index is 12.8. The molecular formula is C12H14F3NO2. The van der Waals surface area contributed by atoms with E-state index in [1.165, 1.54) is 20.3 Å². The summed E-state index contributed by atoms with van der Waals surface area (Å²) >= 11 is 0. The number of benzene rings is 1. The Morgan fingerprint density at radius 1 is 1.11 bits per heavy atom. The molecule has 3 nitrogen and oxygen atoms in total. The summed E-state index contributed by atoms with van der Waals surface area (Å²) in [6.07, 6.45) is -4.45. The van der Waals surface area contributed by atoms with Crippen LogP contribution in [0.2, 0.25) is 0 Å². The molecule has 0 amide bonds. The number of rotatable bonds is 3. The highest BCUT2D eigenvalue weighted by atomic mass is 19.4. The van der Waals surface area contributed by atoms with E-state index in [4.69, 9.17) is 9.47 Å². The molecule has 1 aliphatic rings. The minimum absolute atomic E-state index is 0.162. The molecule has 18 heavy (non-hydrogen) atoms. The molecule has 0 saturated carbocycles. The standard InChI is InChI=1S/C12H14F3NO2/c1-17-10-4-9(12(13,14)15)11(18-2)3-8(10)7-5-16-6-7/h3-4,7,16H,5-6H2,1-2H3. The predicted octanol–water partition coefficient (Wildman–Crippen LogP) is 2.41. The highest BCUT2D eigenvalue weighted by Crippen LogP contribution is 2.42. The van der Waals surface area contributed by atoms with Crippen LogP contribution in [0, 0.1) is 0 Å². The lowest BCUT2D eigenvalue weighted by molar-refractivity contribution is -0.138. The zero-order chi connectivity index (χ0) is 13.3. The summed E-state index contributed by atoms with van der Waals surface area (Å²) < 4.78 is 48.4. The Kier molecular flexibility index (Phi) is 3.38. The molecule has 100 valence electrons. The van der Waals surface area contributed by atoms with E-state index < -0.39 is 11.7 Å². The summed E-state index contributed by atoms with van der Waals surface area (Å²) in [5.74, 6) is 0.274. The summed E-state index contributed by atoms with van der Waals surface area (Å²) in [6.45, 7) is 1.48. The van der Waals surface area contributed by atoms with Crippen LogP contribution in [0.15, 0.2) is 12.1 Å². The van der Waals surface area contributed by atoms with E-state index in [0.717, 1.165) is 24.7 Å². The zero-order valence-electron chi connectivity index (χ0n) is 10.1. The van der Waals surface area contributed by atoms with Gasteiger partial charge in [0.25, 0.3) is 0 Å². The van der Waals surface area contributed by atoms with Crippen LogP contribution in [-0.4, -0.2) is 27.3 Å². The van der Waals surface area contributed by atoms with Gasteiger partial charge in [-0.25, -0.2) is 0 Å². The second-order valence-electron chi connectivity index (χ2n) is 4.15. The van der Waals surface area contributed by atoms with Crippen LogP contribution in [0.4, 0.5) is 13.2 Å². The lowest BCUT2D eigenvalue weighted by atomic mass is 9.91. The molecule has 1 N–H and O–H groups in total. The monoisotopic (exact) mass is 261 g/mol. The summed E-state index contributed by atoms with van der Waals surface area (Å²) in [5, 5.41) is 3.07. The number of alkyl halides is 3. The fraction of sp³-hybridized carbons (Fsp3) is 0.500. The minimum Gasteiger partial charge on any atom is -0.496 e. The molecule has 0 spiro atoms. The van der Waals surface area contributed by atoms with Gasteiger partial charge in [-0.1, -0.05) is 0 Å². The van der Waals surface area contributed by atoms with Crippen LogP contribution < -0.4 is 14.8 Å². The molecule has 1 saturated heterocycles. The van der Waals surface area contributed by atoms with E-state index in [1.807, 2.05) is 0 Å². The average Bonchev–Trinajstić information content (AvgIpc) is 2.24.